The van der Waals surface area contributed by atoms with Gasteiger partial charge in [0.15, 0.2) is 0 Å². The van der Waals surface area contributed by atoms with Crippen LogP contribution in [0.4, 0.5) is 5.69 Å². The van der Waals surface area contributed by atoms with E-state index in [2.05, 4.69) is 11.8 Å². The highest BCUT2D eigenvalue weighted by atomic mass is 32.2. The number of benzene rings is 3. The van der Waals surface area contributed by atoms with Gasteiger partial charge in [-0.05, 0) is 43.3 Å². The largest absolute Gasteiger partial charge is 0.274 e. The molecule has 5 heteroatoms. The molecule has 0 spiro atoms. The summed E-state index contributed by atoms with van der Waals surface area (Å²) in [5.74, 6) is 5.40. The van der Waals surface area contributed by atoms with E-state index < -0.39 is 15.9 Å². The van der Waals surface area contributed by atoms with Crippen molar-refractivity contribution < 1.29 is 13.2 Å². The molecule has 0 saturated carbocycles. The van der Waals surface area contributed by atoms with Crippen molar-refractivity contribution in [2.75, 3.05) is 4.31 Å². The van der Waals surface area contributed by atoms with E-state index in [1.54, 1.807) is 36.4 Å². The number of anilines is 1. The Balaban J connectivity index is 2.11. The molecule has 0 unspecified atom stereocenters. The van der Waals surface area contributed by atoms with Crippen LogP contribution in [0.25, 0.3) is 0 Å². The zero-order chi connectivity index (χ0) is 20.1. The Labute approximate surface area is 165 Å². The van der Waals surface area contributed by atoms with Crippen molar-refractivity contribution in [2.45, 2.75) is 18.7 Å². The van der Waals surface area contributed by atoms with Gasteiger partial charge < -0.3 is 0 Å². The number of rotatable bonds is 3. The van der Waals surface area contributed by atoms with E-state index in [1.165, 1.54) is 19.1 Å². The quantitative estimate of drug-likeness (QED) is 0.633. The van der Waals surface area contributed by atoms with Gasteiger partial charge in [-0.25, -0.2) is 12.7 Å². The highest BCUT2D eigenvalue weighted by Gasteiger charge is 2.30. The second-order valence-corrected chi connectivity index (χ2v) is 8.02. The zero-order valence-electron chi connectivity index (χ0n) is 15.6. The lowest BCUT2D eigenvalue weighted by atomic mass is 10.1. The number of carbonyl (C=O) groups excluding carboxylic acids is 1. The summed E-state index contributed by atoms with van der Waals surface area (Å²) in [6, 6.07) is 22.5. The molecule has 0 atom stereocenters. The molecule has 0 aliphatic carbocycles. The molecule has 3 aromatic carbocycles. The van der Waals surface area contributed by atoms with Crippen molar-refractivity contribution in [3.05, 3.63) is 95.6 Å². The maximum Gasteiger partial charge on any atom is 0.270 e. The van der Waals surface area contributed by atoms with Gasteiger partial charge in [0, 0.05) is 18.1 Å². The van der Waals surface area contributed by atoms with Gasteiger partial charge in [-0.15, -0.1) is 0 Å². The van der Waals surface area contributed by atoms with Crippen LogP contribution in [-0.2, 0) is 14.8 Å². The molecule has 0 radical (unpaired) electrons. The first-order chi connectivity index (χ1) is 13.4. The van der Waals surface area contributed by atoms with Gasteiger partial charge in [0.1, 0.15) is 0 Å². The van der Waals surface area contributed by atoms with Gasteiger partial charge in [0.05, 0.1) is 10.6 Å². The van der Waals surface area contributed by atoms with Crippen LogP contribution >= 0.6 is 0 Å². The van der Waals surface area contributed by atoms with Crippen molar-refractivity contribution in [2.24, 2.45) is 0 Å². The van der Waals surface area contributed by atoms with Crippen LogP contribution in [-0.4, -0.2) is 14.3 Å². The lowest BCUT2D eigenvalue weighted by Crippen LogP contribution is -2.35. The lowest BCUT2D eigenvalue weighted by molar-refractivity contribution is -0.115. The van der Waals surface area contributed by atoms with Gasteiger partial charge in [-0.1, -0.05) is 59.9 Å². The fourth-order valence-electron chi connectivity index (χ4n) is 2.70. The molecule has 4 nitrogen and oxygen atoms in total. The van der Waals surface area contributed by atoms with Gasteiger partial charge in [0.2, 0.25) is 5.91 Å². The molecule has 0 N–H and O–H groups in total. The molecule has 0 heterocycles. The summed E-state index contributed by atoms with van der Waals surface area (Å²) in [5, 5.41) is 0. The van der Waals surface area contributed by atoms with Crippen LogP contribution in [0.1, 0.15) is 23.6 Å². The summed E-state index contributed by atoms with van der Waals surface area (Å²) in [7, 11) is -4.06. The zero-order valence-corrected chi connectivity index (χ0v) is 16.4. The Hall–Kier alpha value is -3.36. The van der Waals surface area contributed by atoms with E-state index in [0.717, 1.165) is 15.4 Å². The average Bonchev–Trinajstić information content (AvgIpc) is 2.68. The number of aryl methyl sites for hydroxylation is 1. The van der Waals surface area contributed by atoms with E-state index in [9.17, 15) is 13.2 Å². The van der Waals surface area contributed by atoms with Gasteiger partial charge in [0.25, 0.3) is 10.0 Å². The van der Waals surface area contributed by atoms with Crippen molar-refractivity contribution in [3.8, 4) is 11.8 Å². The molecule has 0 aromatic heterocycles. The van der Waals surface area contributed by atoms with E-state index >= 15 is 0 Å². The minimum Gasteiger partial charge on any atom is -0.274 e. The topological polar surface area (TPSA) is 54.5 Å². The molecule has 3 rings (SSSR count). The van der Waals surface area contributed by atoms with Gasteiger partial charge in [-0.2, -0.15) is 0 Å². The molecule has 0 aliphatic rings. The number of hydrogen-bond donors (Lipinski definition) is 0. The first-order valence-electron chi connectivity index (χ1n) is 8.68. The van der Waals surface area contributed by atoms with Crippen LogP contribution in [0.2, 0.25) is 0 Å². The molecule has 0 saturated heterocycles. The third kappa shape index (κ3) is 4.13. The molecule has 3 aromatic rings. The second kappa shape index (κ2) is 8.12. The molecule has 0 aliphatic heterocycles. The first-order valence-corrected chi connectivity index (χ1v) is 10.1. The van der Waals surface area contributed by atoms with Crippen LogP contribution in [0.15, 0.2) is 83.8 Å². The Kier molecular flexibility index (Phi) is 5.62. The monoisotopic (exact) mass is 389 g/mol. The minimum absolute atomic E-state index is 0.0547. The third-order valence-corrected chi connectivity index (χ3v) is 5.89. The van der Waals surface area contributed by atoms with E-state index in [4.69, 9.17) is 0 Å². The van der Waals surface area contributed by atoms with Gasteiger partial charge in [-0.3, -0.25) is 4.79 Å². The maximum absolute atomic E-state index is 13.2. The third-order valence-electron chi connectivity index (χ3n) is 4.08. The summed E-state index contributed by atoms with van der Waals surface area (Å²) in [4.78, 5) is 12.4. The standard InChI is InChI=1S/C23H19NO3S/c1-18-12-16-22(17-13-18)28(26,27)24(19(2)25)23-11-7-6-10-21(23)15-14-20-8-4-3-5-9-20/h3-13,16-17H,1-2H3. The fourth-order valence-corrected chi connectivity index (χ4v) is 4.15. The fraction of sp³-hybridized carbons (Fsp3) is 0.0870. The molecule has 1 amide bonds. The van der Waals surface area contributed by atoms with Crippen molar-refractivity contribution in [3.63, 3.8) is 0 Å². The molecule has 28 heavy (non-hydrogen) atoms. The molecule has 0 fully saturated rings. The van der Waals surface area contributed by atoms with E-state index in [0.29, 0.717) is 5.56 Å². The smallest absolute Gasteiger partial charge is 0.270 e. The number of para-hydroxylation sites is 1. The second-order valence-electron chi connectivity index (χ2n) is 6.23. The maximum atomic E-state index is 13.2. The lowest BCUT2D eigenvalue weighted by Gasteiger charge is -2.22. The van der Waals surface area contributed by atoms with Crippen LogP contribution in [0.5, 0.6) is 0 Å². The highest BCUT2D eigenvalue weighted by Crippen LogP contribution is 2.27. The number of carbonyl (C=O) groups is 1. The Morgan fingerprint density at radius 2 is 1.43 bits per heavy atom. The summed E-state index contributed by atoms with van der Waals surface area (Å²) < 4.78 is 27.2. The Morgan fingerprint density at radius 3 is 2.07 bits per heavy atom. The molecular formula is C23H19NO3S. The Bertz CT molecular complexity index is 1160. The van der Waals surface area contributed by atoms with Crippen LogP contribution < -0.4 is 4.31 Å². The van der Waals surface area contributed by atoms with E-state index in [-0.39, 0.29) is 10.6 Å². The number of nitrogens with zero attached hydrogens (tertiary/aromatic N) is 1. The summed E-state index contributed by atoms with van der Waals surface area (Å²) >= 11 is 0. The van der Waals surface area contributed by atoms with Crippen molar-refractivity contribution >= 4 is 21.6 Å². The minimum atomic E-state index is -4.06. The van der Waals surface area contributed by atoms with Crippen LogP contribution in [0.3, 0.4) is 0 Å². The molecular weight excluding hydrogens is 370 g/mol. The van der Waals surface area contributed by atoms with Crippen molar-refractivity contribution in [1.82, 2.24) is 0 Å². The average molecular weight is 389 g/mol. The summed E-state index contributed by atoms with van der Waals surface area (Å²) in [5.41, 5.74) is 2.42. The molecule has 140 valence electrons. The predicted molar refractivity (Wildman–Crippen MR) is 110 cm³/mol. The SMILES string of the molecule is CC(=O)N(c1ccccc1C#Cc1ccccc1)S(=O)(=O)c1ccc(C)cc1. The van der Waals surface area contributed by atoms with E-state index in [1.807, 2.05) is 37.3 Å². The predicted octanol–water partition coefficient (Wildman–Crippen LogP) is 4.14. The number of hydrogen-bond acceptors (Lipinski definition) is 3. The van der Waals surface area contributed by atoms with Gasteiger partial charge >= 0.3 is 0 Å². The highest BCUT2D eigenvalue weighted by molar-refractivity contribution is 7.93. The number of sulfonamides is 1. The number of amides is 1. The molecule has 0 bridgehead atoms. The van der Waals surface area contributed by atoms with Crippen molar-refractivity contribution in [1.29, 1.82) is 0 Å². The Morgan fingerprint density at radius 1 is 0.821 bits per heavy atom. The normalized spacial score (nSPS) is 10.6. The summed E-state index contributed by atoms with van der Waals surface area (Å²) in [6.07, 6.45) is 0. The summed E-state index contributed by atoms with van der Waals surface area (Å²) in [6.45, 7) is 3.10. The van der Waals surface area contributed by atoms with Crippen LogP contribution in [0, 0.1) is 18.8 Å². The first kappa shape index (κ1) is 19.4.